The maximum atomic E-state index is 13.6. The molecule has 1 saturated heterocycles. The summed E-state index contributed by atoms with van der Waals surface area (Å²) in [6.45, 7) is 2.73. The number of aromatic nitrogens is 1. The zero-order chi connectivity index (χ0) is 29.9. The van der Waals surface area contributed by atoms with Crippen LogP contribution >= 0.6 is 15.9 Å². The van der Waals surface area contributed by atoms with Gasteiger partial charge in [-0.1, -0.05) is 17.7 Å². The lowest BCUT2D eigenvalue weighted by molar-refractivity contribution is 0.0952. The minimum absolute atomic E-state index is 0.0487. The minimum atomic E-state index is -0.303. The molecule has 0 saturated carbocycles. The number of pyridine rings is 1. The van der Waals surface area contributed by atoms with Crippen molar-refractivity contribution in [2.75, 3.05) is 37.0 Å². The van der Waals surface area contributed by atoms with Crippen molar-refractivity contribution in [3.63, 3.8) is 0 Å². The highest BCUT2D eigenvalue weighted by molar-refractivity contribution is 9.10. The van der Waals surface area contributed by atoms with E-state index in [4.69, 9.17) is 4.74 Å². The monoisotopic (exact) mass is 644 g/mol. The number of nitrogens with one attached hydrogen (secondary N) is 2. The van der Waals surface area contributed by atoms with E-state index in [0.717, 1.165) is 43.6 Å². The number of benzene rings is 2. The molecule has 2 atom stereocenters. The third-order valence-corrected chi connectivity index (χ3v) is 9.55. The number of ether oxygens (including phenoxy) is 1. The van der Waals surface area contributed by atoms with E-state index >= 15 is 0 Å². The van der Waals surface area contributed by atoms with E-state index in [9.17, 15) is 14.4 Å². The molecule has 2 amide bonds. The van der Waals surface area contributed by atoms with E-state index in [1.807, 2.05) is 28.8 Å². The number of methoxy groups -OCH3 is 1. The van der Waals surface area contributed by atoms with Gasteiger partial charge in [0.05, 0.1) is 24.0 Å². The molecule has 1 aliphatic carbocycles. The number of piperidine rings is 1. The van der Waals surface area contributed by atoms with Crippen LogP contribution in [0.3, 0.4) is 0 Å². The molecular weight excluding hydrogens is 608 g/mol. The number of amides is 2. The second-order valence-corrected chi connectivity index (χ2v) is 12.6. The van der Waals surface area contributed by atoms with Crippen molar-refractivity contribution in [3.8, 4) is 5.75 Å². The quantitative estimate of drug-likeness (QED) is 0.289. The fourth-order valence-electron chi connectivity index (χ4n) is 6.71. The van der Waals surface area contributed by atoms with Crippen LogP contribution in [0, 0.1) is 5.92 Å². The van der Waals surface area contributed by atoms with Gasteiger partial charge in [0.2, 0.25) is 0 Å². The van der Waals surface area contributed by atoms with Gasteiger partial charge >= 0.3 is 0 Å². The molecule has 2 bridgehead atoms. The summed E-state index contributed by atoms with van der Waals surface area (Å²) in [6.07, 6.45) is 8.88. The third kappa shape index (κ3) is 6.42. The molecule has 8 nitrogen and oxygen atoms in total. The minimum Gasteiger partial charge on any atom is -0.497 e. The summed E-state index contributed by atoms with van der Waals surface area (Å²) in [5.41, 5.74) is 4.89. The van der Waals surface area contributed by atoms with Crippen molar-refractivity contribution < 1.29 is 14.3 Å². The summed E-state index contributed by atoms with van der Waals surface area (Å²) >= 11 is 3.50. The van der Waals surface area contributed by atoms with Crippen LogP contribution in [0.4, 0.5) is 11.4 Å². The highest BCUT2D eigenvalue weighted by Gasteiger charge is 2.35. The lowest BCUT2D eigenvalue weighted by Gasteiger charge is -2.44. The van der Waals surface area contributed by atoms with E-state index in [1.54, 1.807) is 37.4 Å². The zero-order valence-electron chi connectivity index (χ0n) is 24.4. The van der Waals surface area contributed by atoms with Crippen LogP contribution in [0.15, 0.2) is 75.5 Å². The van der Waals surface area contributed by atoms with Gasteiger partial charge in [0.15, 0.2) is 0 Å². The van der Waals surface area contributed by atoms with Crippen LogP contribution in [0.1, 0.15) is 70.9 Å². The first-order valence-corrected chi connectivity index (χ1v) is 15.9. The molecule has 6 rings (SSSR count). The standard InChI is InChI=1S/C34H37BrN4O4/c1-43-26-11-12-28(35)27(18-26)34(42)37-29-17-24(33(41)36-15-14-22-6-3-2-4-7-22)10-13-31(29)38-19-23-16-25(21-38)30-8-5-9-32(40)39(30)20-23/h5-6,8-13,17-18,23,25H,2-4,7,14-16,19-21H2,1H3,(H,36,41)(H,37,42). The molecule has 3 aromatic rings. The molecule has 9 heteroatoms. The molecule has 224 valence electrons. The molecule has 2 N–H and O–H groups in total. The molecule has 0 spiro atoms. The first kappa shape index (κ1) is 29.2. The number of rotatable bonds is 8. The number of nitrogens with zero attached hydrogens (tertiary/aromatic N) is 2. The first-order chi connectivity index (χ1) is 20.9. The Labute approximate surface area is 260 Å². The van der Waals surface area contributed by atoms with E-state index < -0.39 is 0 Å². The van der Waals surface area contributed by atoms with Crippen LogP contribution < -0.4 is 25.8 Å². The number of hydrogen-bond donors (Lipinski definition) is 2. The molecule has 0 radical (unpaired) electrons. The number of allylic oxidation sites excluding steroid dienone is 1. The highest BCUT2D eigenvalue weighted by atomic mass is 79.9. The molecule has 3 heterocycles. The van der Waals surface area contributed by atoms with Gasteiger partial charge in [-0.05, 0) is 103 Å². The Morgan fingerprint density at radius 1 is 1.02 bits per heavy atom. The summed E-state index contributed by atoms with van der Waals surface area (Å²) in [7, 11) is 1.56. The normalized spacial score (nSPS) is 19.2. The smallest absolute Gasteiger partial charge is 0.257 e. The van der Waals surface area contributed by atoms with Crippen molar-refractivity contribution in [1.82, 2.24) is 9.88 Å². The van der Waals surface area contributed by atoms with Crippen molar-refractivity contribution in [1.29, 1.82) is 0 Å². The van der Waals surface area contributed by atoms with Crippen LogP contribution in [0.5, 0.6) is 5.75 Å². The summed E-state index contributed by atoms with van der Waals surface area (Å²) in [5.74, 6) is 0.620. The number of carbonyl (C=O) groups is 2. The molecule has 1 aromatic heterocycles. The SMILES string of the molecule is COc1ccc(Br)c(C(=O)Nc2cc(C(=O)NCCC3=CCCCC3)ccc2N2CC3CC(C2)c2cccc(=O)n2C3)c1. The highest BCUT2D eigenvalue weighted by Crippen LogP contribution is 2.39. The average molecular weight is 646 g/mol. The average Bonchev–Trinajstić information content (AvgIpc) is 3.02. The Balaban J connectivity index is 1.27. The summed E-state index contributed by atoms with van der Waals surface area (Å²) in [6, 6.07) is 16.3. The lowest BCUT2D eigenvalue weighted by atomic mass is 9.83. The van der Waals surface area contributed by atoms with Crippen LogP contribution in [0.25, 0.3) is 0 Å². The van der Waals surface area contributed by atoms with Gasteiger partial charge in [-0.25, -0.2) is 0 Å². The molecular formula is C34H37BrN4O4. The van der Waals surface area contributed by atoms with Crippen molar-refractivity contribution in [2.45, 2.75) is 51.0 Å². The van der Waals surface area contributed by atoms with E-state index in [2.05, 4.69) is 37.5 Å². The predicted molar refractivity (Wildman–Crippen MR) is 172 cm³/mol. The van der Waals surface area contributed by atoms with Crippen molar-refractivity contribution in [3.05, 3.63) is 97.9 Å². The Bertz CT molecular complexity index is 1630. The molecule has 43 heavy (non-hydrogen) atoms. The fourth-order valence-corrected chi connectivity index (χ4v) is 7.14. The topological polar surface area (TPSA) is 92.7 Å². The number of anilines is 2. The largest absolute Gasteiger partial charge is 0.497 e. The van der Waals surface area contributed by atoms with Gasteiger partial charge in [0, 0.05) is 53.9 Å². The summed E-state index contributed by atoms with van der Waals surface area (Å²) < 4.78 is 7.91. The maximum absolute atomic E-state index is 13.6. The Kier molecular flexibility index (Phi) is 8.70. The van der Waals surface area contributed by atoms with Crippen LogP contribution in [0.2, 0.25) is 0 Å². The molecule has 2 aromatic carbocycles. The molecule has 1 fully saturated rings. The maximum Gasteiger partial charge on any atom is 0.257 e. The Morgan fingerprint density at radius 2 is 1.91 bits per heavy atom. The molecule has 3 aliphatic rings. The van der Waals surface area contributed by atoms with Gasteiger partial charge in [-0.3, -0.25) is 14.4 Å². The van der Waals surface area contributed by atoms with Crippen molar-refractivity contribution in [2.24, 2.45) is 5.92 Å². The molecule has 2 unspecified atom stereocenters. The van der Waals surface area contributed by atoms with E-state index in [1.165, 1.54) is 18.4 Å². The number of hydrogen-bond acceptors (Lipinski definition) is 5. The summed E-state index contributed by atoms with van der Waals surface area (Å²) in [4.78, 5) is 41.7. The Hall–Kier alpha value is -3.85. The molecule has 2 aliphatic heterocycles. The van der Waals surface area contributed by atoms with Gasteiger partial charge in [-0.2, -0.15) is 0 Å². The van der Waals surface area contributed by atoms with Gasteiger partial charge in [0.1, 0.15) is 5.75 Å². The number of halogens is 1. The van der Waals surface area contributed by atoms with E-state index in [0.29, 0.717) is 52.6 Å². The van der Waals surface area contributed by atoms with Gasteiger partial charge in [-0.15, -0.1) is 0 Å². The van der Waals surface area contributed by atoms with Gasteiger partial charge < -0.3 is 24.8 Å². The first-order valence-electron chi connectivity index (χ1n) is 15.1. The van der Waals surface area contributed by atoms with Crippen molar-refractivity contribution >= 4 is 39.1 Å². The predicted octanol–water partition coefficient (Wildman–Crippen LogP) is 6.12. The number of carbonyl (C=O) groups excluding carboxylic acids is 2. The zero-order valence-corrected chi connectivity index (χ0v) is 26.0. The summed E-state index contributed by atoms with van der Waals surface area (Å²) in [5, 5.41) is 6.17. The second-order valence-electron chi connectivity index (χ2n) is 11.7. The fraction of sp³-hybridized carbons (Fsp3) is 0.382. The van der Waals surface area contributed by atoms with Crippen LogP contribution in [-0.2, 0) is 6.54 Å². The Morgan fingerprint density at radius 3 is 2.72 bits per heavy atom. The number of fused-ring (bicyclic) bond motifs is 4. The van der Waals surface area contributed by atoms with Gasteiger partial charge in [0.25, 0.3) is 17.4 Å². The second kappa shape index (κ2) is 12.8. The third-order valence-electron chi connectivity index (χ3n) is 8.86. The van der Waals surface area contributed by atoms with E-state index in [-0.39, 0.29) is 23.3 Å². The lowest BCUT2D eigenvalue weighted by Crippen LogP contribution is -2.47. The van der Waals surface area contributed by atoms with Crippen LogP contribution in [-0.4, -0.2) is 43.1 Å².